The molecular formula is C16H28N2. The number of rotatable bonds is 4. The lowest BCUT2D eigenvalue weighted by Gasteiger charge is -2.48. The Morgan fingerprint density at radius 2 is 1.44 bits per heavy atom. The van der Waals surface area contributed by atoms with Crippen LogP contribution >= 0.6 is 0 Å². The van der Waals surface area contributed by atoms with Crippen LogP contribution in [0.2, 0.25) is 0 Å². The van der Waals surface area contributed by atoms with Gasteiger partial charge in [-0.25, -0.2) is 0 Å². The highest BCUT2D eigenvalue weighted by Gasteiger charge is 2.44. The maximum atomic E-state index is 4.10. The molecule has 2 unspecified atom stereocenters. The van der Waals surface area contributed by atoms with E-state index in [1.165, 1.54) is 57.8 Å². The molecule has 4 fully saturated rings. The highest BCUT2D eigenvalue weighted by atomic mass is 15.2. The first-order valence-electron chi connectivity index (χ1n) is 8.29. The summed E-state index contributed by atoms with van der Waals surface area (Å²) in [5.74, 6) is 2.11. The minimum absolute atomic E-state index is 0.836. The Kier molecular flexibility index (Phi) is 2.92. The molecule has 0 aromatic rings. The molecule has 2 aliphatic carbocycles. The maximum absolute atomic E-state index is 4.10. The largest absolute Gasteiger partial charge is 0.311 e. The van der Waals surface area contributed by atoms with Crippen LogP contribution in [0.15, 0.2) is 0 Å². The van der Waals surface area contributed by atoms with E-state index in [0.717, 1.165) is 36.0 Å². The molecule has 0 radical (unpaired) electrons. The predicted octanol–water partition coefficient (Wildman–Crippen LogP) is 2.78. The van der Waals surface area contributed by atoms with Crippen LogP contribution in [0.3, 0.4) is 0 Å². The lowest BCUT2D eigenvalue weighted by molar-refractivity contribution is 0.0442. The summed E-state index contributed by atoms with van der Waals surface area (Å²) in [6.07, 6.45) is 13.2. The minimum atomic E-state index is 0.836. The quantitative estimate of drug-likeness (QED) is 0.823. The molecule has 18 heavy (non-hydrogen) atoms. The molecule has 0 aromatic carbocycles. The van der Waals surface area contributed by atoms with Crippen molar-refractivity contribution in [3.05, 3.63) is 0 Å². The summed E-state index contributed by atoms with van der Waals surface area (Å²) in [6.45, 7) is 0. The fourth-order valence-corrected chi connectivity index (χ4v) is 4.59. The molecule has 2 saturated heterocycles. The first-order valence-corrected chi connectivity index (χ1v) is 8.29. The van der Waals surface area contributed by atoms with Gasteiger partial charge in [-0.15, -0.1) is 0 Å². The molecule has 2 heterocycles. The first-order chi connectivity index (χ1) is 8.81. The van der Waals surface area contributed by atoms with Gasteiger partial charge in [0.2, 0.25) is 0 Å². The number of nitrogens with zero attached hydrogens (tertiary/aromatic N) is 1. The number of hydrogen-bond donors (Lipinski definition) is 1. The monoisotopic (exact) mass is 248 g/mol. The highest BCUT2D eigenvalue weighted by Crippen LogP contribution is 2.45. The Balaban J connectivity index is 1.39. The smallest absolute Gasteiger partial charge is 0.0126 e. The Morgan fingerprint density at radius 1 is 0.889 bits per heavy atom. The van der Waals surface area contributed by atoms with E-state index in [9.17, 15) is 0 Å². The van der Waals surface area contributed by atoms with Gasteiger partial charge < -0.3 is 10.2 Å². The lowest BCUT2D eigenvalue weighted by atomic mass is 9.82. The molecule has 2 nitrogen and oxygen atoms in total. The summed E-state index contributed by atoms with van der Waals surface area (Å²) in [5.41, 5.74) is 0. The van der Waals surface area contributed by atoms with Gasteiger partial charge in [-0.2, -0.15) is 0 Å². The summed E-state index contributed by atoms with van der Waals surface area (Å²) in [7, 11) is 2.37. The predicted molar refractivity (Wildman–Crippen MR) is 74.6 cm³/mol. The van der Waals surface area contributed by atoms with Crippen LogP contribution in [0.1, 0.15) is 57.8 Å². The van der Waals surface area contributed by atoms with Crippen molar-refractivity contribution in [3.8, 4) is 0 Å². The highest BCUT2D eigenvalue weighted by molar-refractivity contribution is 5.00. The van der Waals surface area contributed by atoms with Crippen LogP contribution in [0.25, 0.3) is 0 Å². The summed E-state index contributed by atoms with van der Waals surface area (Å²) >= 11 is 0. The molecule has 2 heteroatoms. The summed E-state index contributed by atoms with van der Waals surface area (Å²) in [6, 6.07) is 3.50. The molecule has 102 valence electrons. The Labute approximate surface area is 111 Å². The molecule has 4 rings (SSSR count). The normalized spacial score (nSPS) is 41.3. The second-order valence-corrected chi connectivity index (χ2v) is 7.44. The van der Waals surface area contributed by atoms with Crippen molar-refractivity contribution in [3.63, 3.8) is 0 Å². The summed E-state index contributed by atoms with van der Waals surface area (Å²) < 4.78 is 0. The number of fused-ring (bicyclic) bond motifs is 2. The Morgan fingerprint density at radius 3 is 1.94 bits per heavy atom. The van der Waals surface area contributed by atoms with Crippen molar-refractivity contribution in [1.82, 2.24) is 10.2 Å². The van der Waals surface area contributed by atoms with E-state index in [1.54, 1.807) is 0 Å². The first kappa shape index (κ1) is 11.7. The second kappa shape index (κ2) is 4.49. The van der Waals surface area contributed by atoms with Crippen molar-refractivity contribution in [1.29, 1.82) is 0 Å². The van der Waals surface area contributed by atoms with Crippen LogP contribution in [0.4, 0.5) is 0 Å². The van der Waals surface area contributed by atoms with Gasteiger partial charge in [0, 0.05) is 24.2 Å². The number of nitrogens with one attached hydrogen (secondary N) is 1. The van der Waals surface area contributed by atoms with Gasteiger partial charge in [0.1, 0.15) is 0 Å². The van der Waals surface area contributed by atoms with Crippen molar-refractivity contribution < 1.29 is 0 Å². The van der Waals surface area contributed by atoms with Crippen molar-refractivity contribution >= 4 is 0 Å². The van der Waals surface area contributed by atoms with Crippen LogP contribution in [0.5, 0.6) is 0 Å². The van der Waals surface area contributed by atoms with Crippen molar-refractivity contribution in [2.75, 3.05) is 7.05 Å². The third-order valence-electron chi connectivity index (χ3n) is 6.03. The zero-order valence-corrected chi connectivity index (χ0v) is 11.8. The van der Waals surface area contributed by atoms with Gasteiger partial charge in [0.05, 0.1) is 0 Å². The average molecular weight is 248 g/mol. The zero-order valence-electron chi connectivity index (χ0n) is 11.8. The summed E-state index contributed by atoms with van der Waals surface area (Å²) in [5, 5.41) is 4.10. The lowest BCUT2D eigenvalue weighted by Crippen LogP contribution is -2.56. The molecule has 4 aliphatic rings. The zero-order chi connectivity index (χ0) is 12.1. The minimum Gasteiger partial charge on any atom is -0.311 e. The van der Waals surface area contributed by atoms with E-state index in [1.807, 2.05) is 0 Å². The van der Waals surface area contributed by atoms with Gasteiger partial charge in [0.15, 0.2) is 0 Å². The molecule has 2 aliphatic heterocycles. The average Bonchev–Trinajstić information content (AvgIpc) is 3.21. The molecular weight excluding hydrogens is 220 g/mol. The molecule has 1 N–H and O–H groups in total. The van der Waals surface area contributed by atoms with Gasteiger partial charge in [-0.3, -0.25) is 0 Å². The molecule has 0 aromatic heterocycles. The molecule has 2 saturated carbocycles. The van der Waals surface area contributed by atoms with Crippen molar-refractivity contribution in [2.24, 2.45) is 11.8 Å². The maximum Gasteiger partial charge on any atom is 0.0126 e. The number of hydrogen-bond acceptors (Lipinski definition) is 2. The Bertz CT molecular complexity index is 282. The van der Waals surface area contributed by atoms with Gasteiger partial charge in [0.25, 0.3) is 0 Å². The fraction of sp³-hybridized carbons (Fsp3) is 1.00. The topological polar surface area (TPSA) is 15.3 Å². The second-order valence-electron chi connectivity index (χ2n) is 7.44. The van der Waals surface area contributed by atoms with Crippen LogP contribution in [0, 0.1) is 11.8 Å². The van der Waals surface area contributed by atoms with Crippen LogP contribution < -0.4 is 5.32 Å². The SMILES string of the molecule is CN1C2CCCC1CC(NC(C1CC1)C1CC1)C2. The third kappa shape index (κ3) is 2.22. The van der Waals surface area contributed by atoms with Crippen LogP contribution in [-0.4, -0.2) is 36.1 Å². The van der Waals surface area contributed by atoms with Gasteiger partial charge >= 0.3 is 0 Å². The molecule has 0 amide bonds. The van der Waals surface area contributed by atoms with E-state index >= 15 is 0 Å². The summed E-state index contributed by atoms with van der Waals surface area (Å²) in [4.78, 5) is 2.69. The van der Waals surface area contributed by atoms with E-state index in [4.69, 9.17) is 0 Å². The third-order valence-corrected chi connectivity index (χ3v) is 6.03. The Hall–Kier alpha value is -0.0800. The van der Waals surface area contributed by atoms with Gasteiger partial charge in [-0.1, -0.05) is 6.42 Å². The molecule has 2 bridgehead atoms. The van der Waals surface area contributed by atoms with Gasteiger partial charge in [-0.05, 0) is 70.3 Å². The van der Waals surface area contributed by atoms with E-state index in [-0.39, 0.29) is 0 Å². The van der Waals surface area contributed by atoms with Crippen molar-refractivity contribution in [2.45, 2.75) is 82.0 Å². The standard InChI is InChI=1S/C16H28N2/c1-18-14-3-2-4-15(18)10-13(9-14)17-16(11-5-6-11)12-7-8-12/h11-17H,2-10H2,1H3. The molecule has 0 spiro atoms. The fourth-order valence-electron chi connectivity index (χ4n) is 4.59. The van der Waals surface area contributed by atoms with E-state index in [2.05, 4.69) is 17.3 Å². The molecule has 2 atom stereocenters. The number of piperidine rings is 2. The van der Waals surface area contributed by atoms with E-state index < -0.39 is 0 Å². The van der Waals surface area contributed by atoms with E-state index in [0.29, 0.717) is 0 Å². The van der Waals surface area contributed by atoms with Crippen LogP contribution in [-0.2, 0) is 0 Å².